The van der Waals surface area contributed by atoms with Crippen LogP contribution in [0.25, 0.3) is 0 Å². The average Bonchev–Trinajstić information content (AvgIpc) is 2.62. The Labute approximate surface area is 163 Å². The molecule has 146 valence electrons. The van der Waals surface area contributed by atoms with Gasteiger partial charge in [0, 0.05) is 23.2 Å². The van der Waals surface area contributed by atoms with Crippen molar-refractivity contribution in [1.82, 2.24) is 5.32 Å². The molecule has 0 aromatic heterocycles. The molecule has 0 aliphatic carbocycles. The Morgan fingerprint density at radius 3 is 2.52 bits per heavy atom. The average molecular weight is 396 g/mol. The highest BCUT2D eigenvalue weighted by Crippen LogP contribution is 2.34. The molecule has 5 nitrogen and oxygen atoms in total. The number of hydrogen-bond donors (Lipinski definition) is 2. The van der Waals surface area contributed by atoms with E-state index in [1.54, 1.807) is 30.3 Å². The molecule has 0 saturated heterocycles. The maximum Gasteiger partial charge on any atom is 0.320 e. The number of carbonyl (C=O) groups is 1. The maximum absolute atomic E-state index is 13.7. The summed E-state index contributed by atoms with van der Waals surface area (Å²) < 4.78 is 24.7. The number of carboxylic acid groups (broad SMARTS) is 1. The van der Waals surface area contributed by atoms with E-state index in [0.29, 0.717) is 27.6 Å². The lowest BCUT2D eigenvalue weighted by molar-refractivity contribution is -0.140. The third kappa shape index (κ3) is 5.58. The fourth-order valence-electron chi connectivity index (χ4n) is 2.58. The van der Waals surface area contributed by atoms with Crippen LogP contribution in [0.2, 0.25) is 5.02 Å². The molecule has 7 heteroatoms. The Bertz CT molecular complexity index is 798. The van der Waals surface area contributed by atoms with Crippen LogP contribution in [-0.2, 0) is 17.9 Å². The van der Waals surface area contributed by atoms with Crippen LogP contribution in [0.3, 0.4) is 0 Å². The third-order valence-electron chi connectivity index (χ3n) is 4.12. The molecular weight excluding hydrogens is 373 g/mol. The minimum Gasteiger partial charge on any atom is -0.493 e. The smallest absolute Gasteiger partial charge is 0.320 e. The first-order valence-electron chi connectivity index (χ1n) is 8.52. The summed E-state index contributed by atoms with van der Waals surface area (Å²) in [6.45, 7) is 3.95. The molecule has 0 heterocycles. The topological polar surface area (TPSA) is 67.8 Å². The summed E-state index contributed by atoms with van der Waals surface area (Å²) >= 11 is 6.32. The summed E-state index contributed by atoms with van der Waals surface area (Å²) in [6.07, 6.45) is 0. The van der Waals surface area contributed by atoms with E-state index in [4.69, 9.17) is 21.1 Å². The molecular formula is C20H23ClFNO4. The maximum atomic E-state index is 13.7. The van der Waals surface area contributed by atoms with Gasteiger partial charge >= 0.3 is 5.97 Å². The molecule has 2 aromatic carbocycles. The van der Waals surface area contributed by atoms with Gasteiger partial charge in [-0.1, -0.05) is 43.6 Å². The van der Waals surface area contributed by atoms with Crippen LogP contribution in [0.5, 0.6) is 11.5 Å². The highest BCUT2D eigenvalue weighted by Gasteiger charge is 2.21. The van der Waals surface area contributed by atoms with Gasteiger partial charge in [-0.15, -0.1) is 0 Å². The van der Waals surface area contributed by atoms with Crippen molar-refractivity contribution in [2.75, 3.05) is 7.11 Å². The highest BCUT2D eigenvalue weighted by molar-refractivity contribution is 6.31. The second kappa shape index (κ2) is 9.58. The summed E-state index contributed by atoms with van der Waals surface area (Å²) in [7, 11) is 1.49. The van der Waals surface area contributed by atoms with Crippen molar-refractivity contribution in [2.45, 2.75) is 33.0 Å². The number of ether oxygens (including phenoxy) is 2. The lowest BCUT2D eigenvalue weighted by atomic mass is 10.0. The number of nitrogens with one attached hydrogen (secondary N) is 1. The quantitative estimate of drug-likeness (QED) is 0.663. The Balaban J connectivity index is 2.14. The van der Waals surface area contributed by atoms with Crippen LogP contribution < -0.4 is 14.8 Å². The standard InChI is InChI=1S/C20H23ClFNO4/c1-12(2)19(20(24)25)23-10-14-8-17(26-3)18(9-15(14)21)27-11-13-6-4-5-7-16(13)22/h4-9,12,19,23H,10-11H2,1-3H3,(H,24,25). The van der Waals surface area contributed by atoms with Crippen molar-refractivity contribution in [3.63, 3.8) is 0 Å². The van der Waals surface area contributed by atoms with Crippen LogP contribution in [0.4, 0.5) is 4.39 Å². The number of benzene rings is 2. The summed E-state index contributed by atoms with van der Waals surface area (Å²) in [4.78, 5) is 11.3. The van der Waals surface area contributed by atoms with E-state index in [2.05, 4.69) is 5.32 Å². The van der Waals surface area contributed by atoms with Crippen molar-refractivity contribution in [3.8, 4) is 11.5 Å². The van der Waals surface area contributed by atoms with Crippen molar-refractivity contribution < 1.29 is 23.8 Å². The van der Waals surface area contributed by atoms with E-state index in [1.807, 2.05) is 13.8 Å². The molecule has 2 rings (SSSR count). The molecule has 0 aliphatic rings. The van der Waals surface area contributed by atoms with Crippen LogP contribution in [0.1, 0.15) is 25.0 Å². The van der Waals surface area contributed by atoms with E-state index < -0.39 is 12.0 Å². The highest BCUT2D eigenvalue weighted by atomic mass is 35.5. The van der Waals surface area contributed by atoms with E-state index in [-0.39, 0.29) is 24.9 Å². The molecule has 2 aromatic rings. The number of rotatable bonds is 9. The Morgan fingerprint density at radius 2 is 1.93 bits per heavy atom. The van der Waals surface area contributed by atoms with Gasteiger partial charge in [-0.2, -0.15) is 0 Å². The Morgan fingerprint density at radius 1 is 1.22 bits per heavy atom. The molecule has 1 unspecified atom stereocenters. The fraction of sp³-hybridized carbons (Fsp3) is 0.350. The SMILES string of the molecule is COc1cc(CNC(C(=O)O)C(C)C)c(Cl)cc1OCc1ccccc1F. The van der Waals surface area contributed by atoms with Gasteiger partial charge in [-0.3, -0.25) is 4.79 Å². The zero-order valence-corrected chi connectivity index (χ0v) is 16.2. The minimum atomic E-state index is -0.919. The minimum absolute atomic E-state index is 0.0331. The first-order valence-corrected chi connectivity index (χ1v) is 8.90. The van der Waals surface area contributed by atoms with Crippen LogP contribution >= 0.6 is 11.6 Å². The second-order valence-electron chi connectivity index (χ2n) is 6.42. The first kappa shape index (κ1) is 21.0. The zero-order valence-electron chi connectivity index (χ0n) is 15.5. The van der Waals surface area contributed by atoms with Crippen LogP contribution in [-0.4, -0.2) is 24.2 Å². The number of halogens is 2. The number of aliphatic carboxylic acids is 1. The number of carboxylic acids is 1. The van der Waals surface area contributed by atoms with Gasteiger partial charge in [0.05, 0.1) is 7.11 Å². The molecule has 0 amide bonds. The molecule has 0 fully saturated rings. The second-order valence-corrected chi connectivity index (χ2v) is 6.82. The molecule has 0 aliphatic heterocycles. The van der Waals surface area contributed by atoms with Crippen molar-refractivity contribution in [2.24, 2.45) is 5.92 Å². The lowest BCUT2D eigenvalue weighted by Gasteiger charge is -2.19. The Hall–Kier alpha value is -2.31. The molecule has 0 radical (unpaired) electrons. The monoisotopic (exact) mass is 395 g/mol. The van der Waals surface area contributed by atoms with Gasteiger partial charge in [-0.25, -0.2) is 4.39 Å². The van der Waals surface area contributed by atoms with Gasteiger partial charge < -0.3 is 19.9 Å². The molecule has 0 saturated carbocycles. The van der Waals surface area contributed by atoms with Gasteiger partial charge in [0.25, 0.3) is 0 Å². The van der Waals surface area contributed by atoms with Gasteiger partial charge in [0.1, 0.15) is 18.5 Å². The summed E-state index contributed by atoms with van der Waals surface area (Å²) in [6, 6.07) is 8.93. The number of hydrogen-bond acceptors (Lipinski definition) is 4. The molecule has 2 N–H and O–H groups in total. The predicted molar refractivity (Wildman–Crippen MR) is 102 cm³/mol. The first-order chi connectivity index (χ1) is 12.8. The third-order valence-corrected chi connectivity index (χ3v) is 4.47. The van der Waals surface area contributed by atoms with Crippen molar-refractivity contribution >= 4 is 17.6 Å². The summed E-state index contributed by atoms with van der Waals surface area (Å²) in [5.41, 5.74) is 1.10. The zero-order chi connectivity index (χ0) is 20.0. The molecule has 0 spiro atoms. The predicted octanol–water partition coefficient (Wildman–Crippen LogP) is 4.27. The van der Waals surface area contributed by atoms with Crippen molar-refractivity contribution in [3.05, 3.63) is 58.4 Å². The Kier molecular flexibility index (Phi) is 7.45. The number of methoxy groups -OCH3 is 1. The molecule has 27 heavy (non-hydrogen) atoms. The van der Waals surface area contributed by atoms with Gasteiger partial charge in [-0.05, 0) is 23.6 Å². The van der Waals surface area contributed by atoms with Crippen LogP contribution in [0, 0.1) is 11.7 Å². The van der Waals surface area contributed by atoms with E-state index in [9.17, 15) is 14.3 Å². The van der Waals surface area contributed by atoms with E-state index in [0.717, 1.165) is 0 Å². The van der Waals surface area contributed by atoms with E-state index in [1.165, 1.54) is 13.2 Å². The summed E-state index contributed by atoms with van der Waals surface area (Å²) in [5, 5.41) is 12.7. The van der Waals surface area contributed by atoms with Crippen LogP contribution in [0.15, 0.2) is 36.4 Å². The largest absolute Gasteiger partial charge is 0.493 e. The fourth-order valence-corrected chi connectivity index (χ4v) is 2.80. The van der Waals surface area contributed by atoms with Crippen molar-refractivity contribution in [1.29, 1.82) is 0 Å². The normalized spacial score (nSPS) is 12.1. The lowest BCUT2D eigenvalue weighted by Crippen LogP contribution is -2.40. The molecule has 0 bridgehead atoms. The van der Waals surface area contributed by atoms with E-state index >= 15 is 0 Å². The summed E-state index contributed by atoms with van der Waals surface area (Å²) in [5.74, 6) is -0.529. The van der Waals surface area contributed by atoms with Gasteiger partial charge in [0.15, 0.2) is 11.5 Å². The molecule has 1 atom stereocenters. The van der Waals surface area contributed by atoms with Gasteiger partial charge in [0.2, 0.25) is 0 Å².